The second kappa shape index (κ2) is 7.99. The van der Waals surface area contributed by atoms with Crippen molar-refractivity contribution in [2.45, 2.75) is 13.5 Å². The molecule has 0 bridgehead atoms. The van der Waals surface area contributed by atoms with E-state index in [1.165, 1.54) is 11.8 Å². The minimum Gasteiger partial charge on any atom is -0.492 e. The van der Waals surface area contributed by atoms with Crippen molar-refractivity contribution < 1.29 is 9.53 Å². The fraction of sp³-hybridized carbons (Fsp3) is 0.143. The number of fused-ring (bicyclic) bond motifs is 1. The highest BCUT2D eigenvalue weighted by molar-refractivity contribution is 8.26. The van der Waals surface area contributed by atoms with E-state index in [1.54, 1.807) is 0 Å². The molecular formula is C21H17ClN2O2S2. The molecule has 3 aromatic rings. The fourth-order valence-electron chi connectivity index (χ4n) is 3.11. The number of carbonyl (C=O) groups is 1. The summed E-state index contributed by atoms with van der Waals surface area (Å²) >= 11 is 12.4. The van der Waals surface area contributed by atoms with E-state index < -0.39 is 0 Å². The smallest absolute Gasteiger partial charge is 0.263 e. The molecule has 0 saturated carbocycles. The summed E-state index contributed by atoms with van der Waals surface area (Å²) < 4.78 is 8.52. The molecule has 142 valence electrons. The molecule has 2 aromatic carbocycles. The van der Waals surface area contributed by atoms with Crippen molar-refractivity contribution >= 4 is 62.8 Å². The molecule has 0 unspecified atom stereocenters. The number of amides is 1. The Morgan fingerprint density at radius 2 is 2.11 bits per heavy atom. The van der Waals surface area contributed by atoms with Crippen LogP contribution in [-0.4, -0.2) is 21.4 Å². The Morgan fingerprint density at radius 1 is 1.29 bits per heavy atom. The molecule has 1 fully saturated rings. The number of hydrogen-bond donors (Lipinski definition) is 1. The van der Waals surface area contributed by atoms with Crippen LogP contribution in [0.4, 0.5) is 0 Å². The minimum absolute atomic E-state index is 0.145. The first-order valence-electron chi connectivity index (χ1n) is 8.73. The molecule has 2 heterocycles. The number of ether oxygens (including phenoxy) is 1. The molecule has 0 spiro atoms. The number of rotatable bonds is 5. The van der Waals surface area contributed by atoms with Crippen molar-refractivity contribution in [1.29, 1.82) is 0 Å². The topological polar surface area (TPSA) is 43.3 Å². The van der Waals surface area contributed by atoms with Crippen LogP contribution in [-0.2, 0) is 11.3 Å². The number of hydrogen-bond acceptors (Lipinski definition) is 4. The maximum absolute atomic E-state index is 12.0. The van der Waals surface area contributed by atoms with Gasteiger partial charge in [0.25, 0.3) is 5.91 Å². The number of aryl methyl sites for hydroxylation is 1. The zero-order valence-corrected chi connectivity index (χ0v) is 17.5. The zero-order chi connectivity index (χ0) is 19.7. The van der Waals surface area contributed by atoms with Crippen LogP contribution in [0.5, 0.6) is 5.75 Å². The van der Waals surface area contributed by atoms with E-state index in [0.29, 0.717) is 22.4 Å². The van der Waals surface area contributed by atoms with Crippen LogP contribution in [0.15, 0.2) is 53.6 Å². The lowest BCUT2D eigenvalue weighted by molar-refractivity contribution is -0.115. The lowest BCUT2D eigenvalue weighted by Gasteiger charge is -2.09. The van der Waals surface area contributed by atoms with E-state index in [2.05, 4.69) is 22.0 Å². The quantitative estimate of drug-likeness (QED) is 0.449. The molecule has 1 aromatic heterocycles. The number of thiocarbonyl (C=S) groups is 1. The molecule has 1 N–H and O–H groups in total. The van der Waals surface area contributed by atoms with Crippen molar-refractivity contribution in [3.05, 3.63) is 69.7 Å². The van der Waals surface area contributed by atoms with Crippen LogP contribution >= 0.6 is 35.6 Å². The Morgan fingerprint density at radius 3 is 2.86 bits per heavy atom. The summed E-state index contributed by atoms with van der Waals surface area (Å²) in [5.41, 5.74) is 3.07. The second-order valence-corrected chi connectivity index (χ2v) is 8.53. The predicted octanol–water partition coefficient (Wildman–Crippen LogP) is 5.17. The van der Waals surface area contributed by atoms with Crippen molar-refractivity contribution in [2.75, 3.05) is 6.61 Å². The summed E-state index contributed by atoms with van der Waals surface area (Å²) in [5, 5.41) is 4.47. The van der Waals surface area contributed by atoms with Gasteiger partial charge in [-0.25, -0.2) is 0 Å². The molecule has 7 heteroatoms. The average Bonchev–Trinajstić information content (AvgIpc) is 3.18. The lowest BCUT2D eigenvalue weighted by atomic mass is 10.1. The third-order valence-corrected chi connectivity index (χ3v) is 6.07. The first-order valence-corrected chi connectivity index (χ1v) is 10.3. The Labute approximate surface area is 177 Å². The van der Waals surface area contributed by atoms with Gasteiger partial charge in [0.05, 0.1) is 11.4 Å². The highest BCUT2D eigenvalue weighted by Crippen LogP contribution is 2.30. The number of aromatic nitrogens is 1. The molecule has 0 atom stereocenters. The Bertz CT molecular complexity index is 1120. The van der Waals surface area contributed by atoms with Gasteiger partial charge in [-0.3, -0.25) is 4.79 Å². The largest absolute Gasteiger partial charge is 0.492 e. The number of nitrogens with zero attached hydrogens (tertiary/aromatic N) is 1. The minimum atomic E-state index is -0.145. The van der Waals surface area contributed by atoms with E-state index >= 15 is 0 Å². The van der Waals surface area contributed by atoms with Crippen LogP contribution in [0.25, 0.3) is 17.0 Å². The van der Waals surface area contributed by atoms with Crippen LogP contribution in [0.2, 0.25) is 5.02 Å². The summed E-state index contributed by atoms with van der Waals surface area (Å²) in [6.45, 7) is 3.16. The maximum Gasteiger partial charge on any atom is 0.263 e. The van der Waals surface area contributed by atoms with Gasteiger partial charge < -0.3 is 14.6 Å². The molecule has 0 radical (unpaired) electrons. The van der Waals surface area contributed by atoms with E-state index in [9.17, 15) is 4.79 Å². The highest BCUT2D eigenvalue weighted by atomic mass is 35.5. The van der Waals surface area contributed by atoms with Gasteiger partial charge in [0.15, 0.2) is 0 Å². The van der Waals surface area contributed by atoms with Crippen LogP contribution in [0.1, 0.15) is 11.1 Å². The van der Waals surface area contributed by atoms with Gasteiger partial charge >= 0.3 is 0 Å². The van der Waals surface area contributed by atoms with Gasteiger partial charge in [0.2, 0.25) is 0 Å². The Balaban J connectivity index is 1.56. The number of thioether (sulfide) groups is 1. The lowest BCUT2D eigenvalue weighted by Crippen LogP contribution is -2.17. The van der Waals surface area contributed by atoms with Crippen molar-refractivity contribution in [3.63, 3.8) is 0 Å². The summed E-state index contributed by atoms with van der Waals surface area (Å²) in [4.78, 5) is 12.6. The molecule has 1 amide bonds. The molecule has 1 aliphatic rings. The first-order chi connectivity index (χ1) is 13.5. The van der Waals surface area contributed by atoms with Crippen LogP contribution < -0.4 is 10.1 Å². The third kappa shape index (κ3) is 3.94. The van der Waals surface area contributed by atoms with Gasteiger partial charge in [-0.05, 0) is 42.8 Å². The monoisotopic (exact) mass is 428 g/mol. The van der Waals surface area contributed by atoms with Crippen LogP contribution in [0, 0.1) is 6.92 Å². The molecule has 28 heavy (non-hydrogen) atoms. The standard InChI is InChI=1S/C21H17ClN2O2S2/c1-13-10-15(6-7-17(13)22)26-9-8-24-12-14(16-4-2-3-5-18(16)24)11-19-20(25)23-21(27)28-19/h2-7,10-12H,8-9H2,1H3,(H,23,25,27). The number of nitrogens with one attached hydrogen (secondary N) is 1. The number of para-hydroxylation sites is 1. The van der Waals surface area contributed by atoms with E-state index in [0.717, 1.165) is 32.8 Å². The average molecular weight is 429 g/mol. The first kappa shape index (κ1) is 19.1. The van der Waals surface area contributed by atoms with E-state index in [1.807, 2.05) is 49.5 Å². The van der Waals surface area contributed by atoms with Crippen molar-refractivity contribution in [3.8, 4) is 5.75 Å². The van der Waals surface area contributed by atoms with Gasteiger partial charge in [-0.2, -0.15) is 0 Å². The van der Waals surface area contributed by atoms with Crippen molar-refractivity contribution in [1.82, 2.24) is 9.88 Å². The van der Waals surface area contributed by atoms with E-state index in [-0.39, 0.29) is 5.91 Å². The highest BCUT2D eigenvalue weighted by Gasteiger charge is 2.22. The van der Waals surface area contributed by atoms with Gasteiger partial charge in [0.1, 0.15) is 16.7 Å². The van der Waals surface area contributed by atoms with Crippen molar-refractivity contribution in [2.24, 2.45) is 0 Å². The Hall–Kier alpha value is -2.28. The molecule has 4 nitrogen and oxygen atoms in total. The zero-order valence-electron chi connectivity index (χ0n) is 15.1. The summed E-state index contributed by atoms with van der Waals surface area (Å²) in [7, 11) is 0. The second-order valence-electron chi connectivity index (χ2n) is 6.41. The number of carbonyl (C=O) groups excluding carboxylic acids is 1. The summed E-state index contributed by atoms with van der Waals surface area (Å²) in [6, 6.07) is 13.8. The summed E-state index contributed by atoms with van der Waals surface area (Å²) in [5.74, 6) is 0.654. The Kier molecular flexibility index (Phi) is 5.44. The molecule has 0 aliphatic carbocycles. The van der Waals surface area contributed by atoms with Crippen LogP contribution in [0.3, 0.4) is 0 Å². The number of benzene rings is 2. The number of halogens is 1. The van der Waals surface area contributed by atoms with Gasteiger partial charge in [0, 0.05) is 27.7 Å². The molecule has 4 rings (SSSR count). The SMILES string of the molecule is Cc1cc(OCCn2cc(C=C3SC(=S)NC3=O)c3ccccc32)ccc1Cl. The summed E-state index contributed by atoms with van der Waals surface area (Å²) in [6.07, 6.45) is 3.94. The van der Waals surface area contributed by atoms with Gasteiger partial charge in [-0.15, -0.1) is 0 Å². The fourth-order valence-corrected chi connectivity index (χ4v) is 4.26. The van der Waals surface area contributed by atoms with Gasteiger partial charge in [-0.1, -0.05) is 53.8 Å². The van der Waals surface area contributed by atoms with E-state index in [4.69, 9.17) is 28.6 Å². The maximum atomic E-state index is 12.0. The molecule has 1 aliphatic heterocycles. The third-order valence-electron chi connectivity index (χ3n) is 4.48. The normalized spacial score (nSPS) is 15.4. The molecule has 1 saturated heterocycles. The predicted molar refractivity (Wildman–Crippen MR) is 120 cm³/mol. The molecular weight excluding hydrogens is 412 g/mol.